The van der Waals surface area contributed by atoms with E-state index >= 15 is 0 Å². The highest BCUT2D eigenvalue weighted by Crippen LogP contribution is 2.18. The number of hydrogen-bond donors (Lipinski definition) is 2. The van der Waals surface area contributed by atoms with Crippen LogP contribution < -0.4 is 5.32 Å². The first kappa shape index (κ1) is 16.8. The number of phenols is 1. The molecule has 0 spiro atoms. The number of cyclic esters (lactones) is 1. The lowest BCUT2D eigenvalue weighted by Crippen LogP contribution is -2.45. The fourth-order valence-corrected chi connectivity index (χ4v) is 2.73. The van der Waals surface area contributed by atoms with Crippen LogP contribution in [0.5, 0.6) is 5.75 Å². The zero-order chi connectivity index (χ0) is 17.6. The van der Waals surface area contributed by atoms with E-state index in [0.717, 1.165) is 17.5 Å². The van der Waals surface area contributed by atoms with Gasteiger partial charge >= 0.3 is 6.09 Å². The maximum absolute atomic E-state index is 12.4. The second-order valence-electron chi connectivity index (χ2n) is 5.91. The lowest BCUT2D eigenvalue weighted by molar-refractivity contribution is -0.124. The van der Waals surface area contributed by atoms with Gasteiger partial charge in [-0.05, 0) is 29.7 Å². The van der Waals surface area contributed by atoms with Crippen LogP contribution in [0.3, 0.4) is 0 Å². The summed E-state index contributed by atoms with van der Waals surface area (Å²) in [5.41, 5.74) is 1.96. The molecule has 1 saturated heterocycles. The highest BCUT2D eigenvalue weighted by Gasteiger charge is 2.37. The SMILES string of the molecule is O=C(NCCc1ccccc1)[C@@H]1COC(=O)N1Cc1ccc(O)cc1. The Morgan fingerprint density at radius 3 is 2.56 bits per heavy atom. The Hall–Kier alpha value is -3.02. The molecule has 6 heteroatoms. The van der Waals surface area contributed by atoms with Gasteiger partial charge in [-0.2, -0.15) is 0 Å². The molecule has 2 amide bonds. The standard InChI is InChI=1S/C19H20N2O4/c22-16-8-6-15(7-9-16)12-21-17(13-25-19(21)24)18(23)20-11-10-14-4-2-1-3-5-14/h1-9,17,22H,10-13H2,(H,20,23)/t17-/m0/s1. The minimum Gasteiger partial charge on any atom is -0.508 e. The molecule has 1 atom stereocenters. The van der Waals surface area contributed by atoms with Gasteiger partial charge in [0, 0.05) is 6.54 Å². The van der Waals surface area contributed by atoms with Crippen molar-refractivity contribution in [2.24, 2.45) is 0 Å². The van der Waals surface area contributed by atoms with Gasteiger partial charge in [-0.1, -0.05) is 42.5 Å². The number of hydrogen-bond acceptors (Lipinski definition) is 4. The molecule has 1 aliphatic heterocycles. The molecule has 1 heterocycles. The van der Waals surface area contributed by atoms with E-state index in [4.69, 9.17) is 4.74 Å². The van der Waals surface area contributed by atoms with Gasteiger partial charge in [0.05, 0.1) is 6.54 Å². The van der Waals surface area contributed by atoms with Crippen LogP contribution in [0.2, 0.25) is 0 Å². The lowest BCUT2D eigenvalue weighted by atomic mass is 10.1. The summed E-state index contributed by atoms with van der Waals surface area (Å²) in [5.74, 6) is -0.0662. The summed E-state index contributed by atoms with van der Waals surface area (Å²) in [7, 11) is 0. The van der Waals surface area contributed by atoms with Crippen LogP contribution >= 0.6 is 0 Å². The lowest BCUT2D eigenvalue weighted by Gasteiger charge is -2.21. The highest BCUT2D eigenvalue weighted by molar-refractivity contribution is 5.87. The van der Waals surface area contributed by atoms with Gasteiger partial charge in [-0.25, -0.2) is 4.79 Å². The molecule has 0 unspecified atom stereocenters. The van der Waals surface area contributed by atoms with Crippen LogP contribution in [0.15, 0.2) is 54.6 Å². The van der Waals surface area contributed by atoms with Crippen LogP contribution in [0.25, 0.3) is 0 Å². The van der Waals surface area contributed by atoms with Crippen molar-refractivity contribution >= 4 is 12.0 Å². The second kappa shape index (κ2) is 7.70. The van der Waals surface area contributed by atoms with Crippen LogP contribution in [0.1, 0.15) is 11.1 Å². The summed E-state index contributed by atoms with van der Waals surface area (Å²) < 4.78 is 5.04. The number of phenolic OH excluding ortho intramolecular Hbond substituents is 1. The molecular weight excluding hydrogens is 320 g/mol. The fourth-order valence-electron chi connectivity index (χ4n) is 2.73. The molecule has 2 N–H and O–H groups in total. The van der Waals surface area contributed by atoms with Gasteiger partial charge in [-0.3, -0.25) is 9.69 Å². The average Bonchev–Trinajstić information content (AvgIpc) is 2.98. The minimum absolute atomic E-state index is 0.0497. The Kier molecular flexibility index (Phi) is 5.18. The summed E-state index contributed by atoms with van der Waals surface area (Å²) in [6.07, 6.45) is 0.225. The van der Waals surface area contributed by atoms with E-state index in [0.29, 0.717) is 6.54 Å². The average molecular weight is 340 g/mol. The van der Waals surface area contributed by atoms with E-state index in [1.54, 1.807) is 24.3 Å². The van der Waals surface area contributed by atoms with Crippen molar-refractivity contribution in [2.75, 3.05) is 13.2 Å². The smallest absolute Gasteiger partial charge is 0.410 e. The number of amides is 2. The second-order valence-corrected chi connectivity index (χ2v) is 5.91. The third kappa shape index (κ3) is 4.29. The highest BCUT2D eigenvalue weighted by atomic mass is 16.6. The molecule has 0 radical (unpaired) electrons. The molecule has 1 aliphatic rings. The first-order valence-corrected chi connectivity index (χ1v) is 8.16. The van der Waals surface area contributed by atoms with E-state index in [-0.39, 0.29) is 24.8 Å². The number of rotatable bonds is 6. The van der Waals surface area contributed by atoms with Crippen LogP contribution in [-0.2, 0) is 22.5 Å². The normalized spacial score (nSPS) is 16.6. The molecule has 130 valence electrons. The third-order valence-corrected chi connectivity index (χ3v) is 4.12. The number of nitrogens with one attached hydrogen (secondary N) is 1. The Labute approximate surface area is 146 Å². The largest absolute Gasteiger partial charge is 0.508 e. The fraction of sp³-hybridized carbons (Fsp3) is 0.263. The summed E-state index contributed by atoms with van der Waals surface area (Å²) >= 11 is 0. The molecular formula is C19H20N2O4. The first-order valence-electron chi connectivity index (χ1n) is 8.16. The molecule has 0 aromatic heterocycles. The van der Waals surface area contributed by atoms with Crippen molar-refractivity contribution in [3.63, 3.8) is 0 Å². The third-order valence-electron chi connectivity index (χ3n) is 4.12. The van der Waals surface area contributed by atoms with Gasteiger partial charge in [0.1, 0.15) is 18.4 Å². The van der Waals surface area contributed by atoms with E-state index in [2.05, 4.69) is 5.32 Å². The van der Waals surface area contributed by atoms with Gasteiger partial charge in [0.15, 0.2) is 0 Å². The van der Waals surface area contributed by atoms with Crippen molar-refractivity contribution < 1.29 is 19.4 Å². The Bertz CT molecular complexity index is 731. The zero-order valence-corrected chi connectivity index (χ0v) is 13.7. The topological polar surface area (TPSA) is 78.9 Å². The maximum Gasteiger partial charge on any atom is 0.410 e. The van der Waals surface area contributed by atoms with Crippen molar-refractivity contribution in [1.82, 2.24) is 10.2 Å². The van der Waals surface area contributed by atoms with Gasteiger partial charge in [0.25, 0.3) is 0 Å². The Balaban J connectivity index is 1.56. The number of nitrogens with zero attached hydrogens (tertiary/aromatic N) is 1. The monoisotopic (exact) mass is 340 g/mol. The summed E-state index contributed by atoms with van der Waals surface area (Å²) in [4.78, 5) is 25.7. The first-order chi connectivity index (χ1) is 12.1. The summed E-state index contributed by atoms with van der Waals surface area (Å²) in [6.45, 7) is 0.810. The number of carbonyl (C=O) groups excluding carboxylic acids is 2. The van der Waals surface area contributed by atoms with Crippen molar-refractivity contribution in [3.05, 3.63) is 65.7 Å². The van der Waals surface area contributed by atoms with Gasteiger partial charge in [0.2, 0.25) is 5.91 Å². The summed E-state index contributed by atoms with van der Waals surface area (Å²) in [6, 6.07) is 15.8. The molecule has 1 fully saturated rings. The quantitative estimate of drug-likeness (QED) is 0.844. The van der Waals surface area contributed by atoms with Crippen LogP contribution in [0.4, 0.5) is 4.79 Å². The van der Waals surface area contributed by atoms with E-state index < -0.39 is 12.1 Å². The molecule has 6 nitrogen and oxygen atoms in total. The van der Waals surface area contributed by atoms with Gasteiger partial charge < -0.3 is 15.2 Å². The predicted molar refractivity (Wildman–Crippen MR) is 91.9 cm³/mol. The zero-order valence-electron chi connectivity index (χ0n) is 13.7. The van der Waals surface area contributed by atoms with E-state index in [9.17, 15) is 14.7 Å². The number of carbonyl (C=O) groups is 2. The molecule has 25 heavy (non-hydrogen) atoms. The molecule has 2 aromatic carbocycles. The van der Waals surface area contributed by atoms with E-state index in [1.807, 2.05) is 30.3 Å². The van der Waals surface area contributed by atoms with Crippen LogP contribution in [-0.4, -0.2) is 41.2 Å². The maximum atomic E-state index is 12.4. The number of ether oxygens (including phenoxy) is 1. The molecule has 0 saturated carbocycles. The number of aromatic hydroxyl groups is 1. The molecule has 2 aromatic rings. The van der Waals surface area contributed by atoms with Crippen molar-refractivity contribution in [2.45, 2.75) is 19.0 Å². The molecule has 0 aliphatic carbocycles. The molecule has 0 bridgehead atoms. The van der Waals surface area contributed by atoms with Crippen molar-refractivity contribution in [1.29, 1.82) is 0 Å². The molecule has 3 rings (SSSR count). The minimum atomic E-state index is -0.642. The number of benzene rings is 2. The van der Waals surface area contributed by atoms with E-state index in [1.165, 1.54) is 4.90 Å². The Morgan fingerprint density at radius 2 is 1.84 bits per heavy atom. The van der Waals surface area contributed by atoms with Crippen LogP contribution in [0, 0.1) is 0 Å². The Morgan fingerprint density at radius 1 is 1.12 bits per heavy atom. The van der Waals surface area contributed by atoms with Crippen molar-refractivity contribution in [3.8, 4) is 5.75 Å². The predicted octanol–water partition coefficient (Wildman–Crippen LogP) is 2.07. The van der Waals surface area contributed by atoms with Gasteiger partial charge in [-0.15, -0.1) is 0 Å². The summed E-state index contributed by atoms with van der Waals surface area (Å²) in [5, 5.41) is 12.2.